The Hall–Kier alpha value is -1.37. The van der Waals surface area contributed by atoms with Gasteiger partial charge in [-0.15, -0.1) is 0 Å². The second-order valence-corrected chi connectivity index (χ2v) is 5.60. The summed E-state index contributed by atoms with van der Waals surface area (Å²) in [6.45, 7) is 2.71. The maximum Gasteiger partial charge on any atom is 0.311 e. The summed E-state index contributed by atoms with van der Waals surface area (Å²) >= 11 is 3.25. The number of nitrogens with zero attached hydrogens (tertiary/aromatic N) is 3. The molecule has 0 amide bonds. The lowest BCUT2D eigenvalue weighted by atomic mass is 9.90. The van der Waals surface area contributed by atoms with E-state index in [-0.39, 0.29) is 5.56 Å². The number of hydrogen-bond donors (Lipinski definition) is 1. The van der Waals surface area contributed by atoms with Gasteiger partial charge in [-0.25, -0.2) is 4.68 Å². The van der Waals surface area contributed by atoms with Gasteiger partial charge in [0.05, 0.1) is 17.3 Å². The van der Waals surface area contributed by atoms with Gasteiger partial charge in [0, 0.05) is 20.1 Å². The molecule has 18 heavy (non-hydrogen) atoms. The Bertz CT molecular complexity index is 557. The highest BCUT2D eigenvalue weighted by atomic mass is 79.9. The van der Waals surface area contributed by atoms with Gasteiger partial charge in [0.25, 0.3) is 5.56 Å². The van der Waals surface area contributed by atoms with Crippen LogP contribution in [0.4, 0.5) is 5.69 Å². The number of aromatic nitrogens is 2. The summed E-state index contributed by atoms with van der Waals surface area (Å²) in [5.41, 5.74) is -0.333. The summed E-state index contributed by atoms with van der Waals surface area (Å²) in [5, 5.41) is 13.1. The zero-order valence-electron chi connectivity index (χ0n) is 10.2. The summed E-state index contributed by atoms with van der Waals surface area (Å²) in [5.74, 6) is -0.807. The van der Waals surface area contributed by atoms with Gasteiger partial charge in [-0.3, -0.25) is 9.59 Å². The third kappa shape index (κ3) is 2.03. The van der Waals surface area contributed by atoms with Crippen molar-refractivity contribution < 1.29 is 9.90 Å². The van der Waals surface area contributed by atoms with Crippen molar-refractivity contribution in [3.05, 3.63) is 21.0 Å². The highest BCUT2D eigenvalue weighted by Gasteiger charge is 2.41. The van der Waals surface area contributed by atoms with Gasteiger partial charge in [-0.2, -0.15) is 5.10 Å². The number of halogens is 1. The third-order valence-electron chi connectivity index (χ3n) is 3.39. The fraction of sp³-hybridized carbons (Fsp3) is 0.545. The number of aryl methyl sites for hydroxylation is 1. The topological polar surface area (TPSA) is 75.4 Å². The molecule has 0 bridgehead atoms. The second-order valence-electron chi connectivity index (χ2n) is 4.81. The SMILES string of the molecule is Cn1ncc(N2CCC(C)(C(=O)O)C2)c(Br)c1=O. The molecule has 1 fully saturated rings. The summed E-state index contributed by atoms with van der Waals surface area (Å²) in [6.07, 6.45) is 2.14. The van der Waals surface area contributed by atoms with Crippen LogP contribution in [-0.2, 0) is 11.8 Å². The Labute approximate surface area is 112 Å². The molecule has 1 aromatic heterocycles. The van der Waals surface area contributed by atoms with E-state index in [1.807, 2.05) is 4.90 Å². The molecule has 0 saturated carbocycles. The van der Waals surface area contributed by atoms with E-state index < -0.39 is 11.4 Å². The minimum Gasteiger partial charge on any atom is -0.481 e. The molecule has 98 valence electrons. The standard InChI is InChI=1S/C11H14BrN3O3/c1-11(10(17)18)3-4-15(6-11)7-5-13-14(2)9(16)8(7)12/h5H,3-4,6H2,1-2H3,(H,17,18). The van der Waals surface area contributed by atoms with E-state index >= 15 is 0 Å². The predicted molar refractivity (Wildman–Crippen MR) is 69.8 cm³/mol. The van der Waals surface area contributed by atoms with Crippen molar-refractivity contribution in [2.24, 2.45) is 12.5 Å². The molecule has 1 saturated heterocycles. The van der Waals surface area contributed by atoms with Crippen molar-refractivity contribution in [2.75, 3.05) is 18.0 Å². The summed E-state index contributed by atoms with van der Waals surface area (Å²) < 4.78 is 1.66. The highest BCUT2D eigenvalue weighted by molar-refractivity contribution is 9.10. The van der Waals surface area contributed by atoms with Crippen molar-refractivity contribution in [1.82, 2.24) is 9.78 Å². The molecule has 6 nitrogen and oxygen atoms in total. The quantitative estimate of drug-likeness (QED) is 0.875. The van der Waals surface area contributed by atoms with Crippen LogP contribution in [0.15, 0.2) is 15.5 Å². The predicted octanol–water partition coefficient (Wildman–Crippen LogP) is 0.844. The minimum atomic E-state index is -0.807. The van der Waals surface area contributed by atoms with Crippen LogP contribution >= 0.6 is 15.9 Å². The molecule has 1 unspecified atom stereocenters. The van der Waals surface area contributed by atoms with E-state index in [2.05, 4.69) is 21.0 Å². The summed E-state index contributed by atoms with van der Waals surface area (Å²) in [7, 11) is 1.57. The molecule has 2 rings (SSSR count). The highest BCUT2D eigenvalue weighted by Crippen LogP contribution is 2.35. The molecule has 7 heteroatoms. The number of carbonyl (C=O) groups is 1. The van der Waals surface area contributed by atoms with Gasteiger partial charge in [-0.1, -0.05) is 0 Å². The molecule has 1 aliphatic heterocycles. The Kier molecular flexibility index (Phi) is 3.18. The Morgan fingerprint density at radius 1 is 1.61 bits per heavy atom. The van der Waals surface area contributed by atoms with Crippen molar-refractivity contribution in [1.29, 1.82) is 0 Å². The maximum atomic E-state index is 11.8. The van der Waals surface area contributed by atoms with E-state index in [0.717, 1.165) is 0 Å². The summed E-state index contributed by atoms with van der Waals surface area (Å²) in [4.78, 5) is 24.8. The average molecular weight is 316 g/mol. The number of aliphatic carboxylic acids is 1. The van der Waals surface area contributed by atoms with Gasteiger partial charge in [0.2, 0.25) is 0 Å². The molecule has 1 aromatic rings. The first-order valence-corrected chi connectivity index (χ1v) is 6.34. The van der Waals surface area contributed by atoms with Crippen LogP contribution < -0.4 is 10.5 Å². The smallest absolute Gasteiger partial charge is 0.311 e. The van der Waals surface area contributed by atoms with Crippen LogP contribution in [0.25, 0.3) is 0 Å². The lowest BCUT2D eigenvalue weighted by Gasteiger charge is -2.22. The van der Waals surface area contributed by atoms with Crippen LogP contribution in [0.3, 0.4) is 0 Å². The molecule has 0 spiro atoms. The first kappa shape index (κ1) is 13.1. The molecule has 0 aliphatic carbocycles. The molecular weight excluding hydrogens is 302 g/mol. The van der Waals surface area contributed by atoms with Gasteiger partial charge in [0.15, 0.2) is 0 Å². The molecule has 1 atom stereocenters. The fourth-order valence-electron chi connectivity index (χ4n) is 2.06. The van der Waals surface area contributed by atoms with E-state index in [9.17, 15) is 14.7 Å². The molecule has 0 aromatic carbocycles. The molecule has 1 aliphatic rings. The number of rotatable bonds is 2. The van der Waals surface area contributed by atoms with Crippen LogP contribution in [0, 0.1) is 5.41 Å². The summed E-state index contributed by atoms with van der Waals surface area (Å²) in [6, 6.07) is 0. The van der Waals surface area contributed by atoms with Crippen molar-refractivity contribution in [3.63, 3.8) is 0 Å². The molecule has 2 heterocycles. The number of anilines is 1. The zero-order valence-corrected chi connectivity index (χ0v) is 11.8. The van der Waals surface area contributed by atoms with Crippen molar-refractivity contribution >= 4 is 27.6 Å². The molecule has 0 radical (unpaired) electrons. The lowest BCUT2D eigenvalue weighted by Crippen LogP contribution is -2.33. The average Bonchev–Trinajstić information content (AvgIpc) is 2.70. The van der Waals surface area contributed by atoms with Crippen LogP contribution in [0.1, 0.15) is 13.3 Å². The Balaban J connectivity index is 2.34. The fourth-order valence-corrected chi connectivity index (χ4v) is 2.67. The van der Waals surface area contributed by atoms with Gasteiger partial charge in [0.1, 0.15) is 4.47 Å². The van der Waals surface area contributed by atoms with Crippen molar-refractivity contribution in [3.8, 4) is 0 Å². The van der Waals surface area contributed by atoms with Crippen molar-refractivity contribution in [2.45, 2.75) is 13.3 Å². The van der Waals surface area contributed by atoms with Gasteiger partial charge >= 0.3 is 5.97 Å². The van der Waals surface area contributed by atoms with E-state index in [1.54, 1.807) is 20.2 Å². The van der Waals surface area contributed by atoms with Crippen LogP contribution in [-0.4, -0.2) is 33.9 Å². The van der Waals surface area contributed by atoms with Crippen LogP contribution in [0.5, 0.6) is 0 Å². The first-order chi connectivity index (χ1) is 8.35. The second kappa shape index (κ2) is 4.38. The normalized spacial score (nSPS) is 23.4. The minimum absolute atomic E-state index is 0.226. The molecule has 1 N–H and O–H groups in total. The zero-order chi connectivity index (χ0) is 13.5. The van der Waals surface area contributed by atoms with E-state index in [4.69, 9.17) is 0 Å². The van der Waals surface area contributed by atoms with E-state index in [0.29, 0.717) is 29.7 Å². The number of hydrogen-bond acceptors (Lipinski definition) is 4. The van der Waals surface area contributed by atoms with Gasteiger partial charge in [-0.05, 0) is 29.3 Å². The third-order valence-corrected chi connectivity index (χ3v) is 4.14. The largest absolute Gasteiger partial charge is 0.481 e. The lowest BCUT2D eigenvalue weighted by molar-refractivity contribution is -0.146. The Morgan fingerprint density at radius 3 is 2.83 bits per heavy atom. The van der Waals surface area contributed by atoms with E-state index in [1.165, 1.54) is 4.68 Å². The number of carboxylic acids is 1. The molecular formula is C11H14BrN3O3. The monoisotopic (exact) mass is 315 g/mol. The van der Waals surface area contributed by atoms with Crippen LogP contribution in [0.2, 0.25) is 0 Å². The van der Waals surface area contributed by atoms with Gasteiger partial charge < -0.3 is 10.0 Å². The number of carboxylic acid groups (broad SMARTS) is 1. The Morgan fingerprint density at radius 2 is 2.28 bits per heavy atom. The maximum absolute atomic E-state index is 11.8. The first-order valence-electron chi connectivity index (χ1n) is 5.55.